The van der Waals surface area contributed by atoms with Crippen LogP contribution in [0, 0.1) is 0 Å². The van der Waals surface area contributed by atoms with Gasteiger partial charge in [-0.25, -0.2) is 0 Å². The maximum absolute atomic E-state index is 10.7. The van der Waals surface area contributed by atoms with Gasteiger partial charge in [0.25, 0.3) is 0 Å². The summed E-state index contributed by atoms with van der Waals surface area (Å²) in [5, 5.41) is 4.87. The standard InChI is InChI=1S/C11H11NOS2/c1-8(13)12-7-9-4-5-11(15-9)10-3-2-6-14-10/h2-6H,7H2,1H3,(H,12,13). The summed E-state index contributed by atoms with van der Waals surface area (Å²) < 4.78 is 0. The van der Waals surface area contributed by atoms with Crippen LogP contribution in [0.4, 0.5) is 0 Å². The Labute approximate surface area is 96.6 Å². The highest BCUT2D eigenvalue weighted by Gasteiger charge is 2.03. The van der Waals surface area contributed by atoms with E-state index in [-0.39, 0.29) is 5.91 Å². The Morgan fingerprint density at radius 3 is 2.87 bits per heavy atom. The van der Waals surface area contributed by atoms with Crippen LogP contribution < -0.4 is 5.32 Å². The van der Waals surface area contributed by atoms with E-state index in [9.17, 15) is 4.79 Å². The average molecular weight is 237 g/mol. The molecule has 0 aromatic carbocycles. The highest BCUT2D eigenvalue weighted by Crippen LogP contribution is 2.31. The first-order valence-corrected chi connectivity index (χ1v) is 6.32. The number of rotatable bonds is 3. The Kier molecular flexibility index (Phi) is 3.18. The highest BCUT2D eigenvalue weighted by molar-refractivity contribution is 7.21. The summed E-state index contributed by atoms with van der Waals surface area (Å²) in [5.74, 6) is 0.0149. The van der Waals surface area contributed by atoms with Crippen molar-refractivity contribution in [3.8, 4) is 9.75 Å². The monoisotopic (exact) mass is 237 g/mol. The molecule has 2 rings (SSSR count). The average Bonchev–Trinajstić information content (AvgIpc) is 2.85. The van der Waals surface area contributed by atoms with Crippen LogP contribution in [-0.2, 0) is 11.3 Å². The van der Waals surface area contributed by atoms with Crippen LogP contribution in [0.1, 0.15) is 11.8 Å². The number of carbonyl (C=O) groups is 1. The van der Waals surface area contributed by atoms with Gasteiger partial charge in [-0.1, -0.05) is 6.07 Å². The topological polar surface area (TPSA) is 29.1 Å². The molecule has 4 heteroatoms. The highest BCUT2D eigenvalue weighted by atomic mass is 32.1. The summed E-state index contributed by atoms with van der Waals surface area (Å²) in [5.41, 5.74) is 0. The molecule has 0 fully saturated rings. The van der Waals surface area contributed by atoms with Gasteiger partial charge in [0.2, 0.25) is 5.91 Å². The van der Waals surface area contributed by atoms with Crippen molar-refractivity contribution < 1.29 is 4.79 Å². The minimum Gasteiger partial charge on any atom is -0.351 e. The second kappa shape index (κ2) is 4.59. The second-order valence-electron chi connectivity index (χ2n) is 3.15. The van der Waals surface area contributed by atoms with Crippen molar-refractivity contribution in [2.75, 3.05) is 0 Å². The summed E-state index contributed by atoms with van der Waals surface area (Å²) in [6.07, 6.45) is 0. The molecule has 78 valence electrons. The van der Waals surface area contributed by atoms with E-state index in [0.717, 1.165) is 0 Å². The molecule has 0 saturated heterocycles. The fourth-order valence-corrected chi connectivity index (χ4v) is 3.02. The molecule has 0 aliphatic carbocycles. The van der Waals surface area contributed by atoms with E-state index in [1.54, 1.807) is 22.7 Å². The van der Waals surface area contributed by atoms with Gasteiger partial charge in [0.15, 0.2) is 0 Å². The first-order chi connectivity index (χ1) is 7.25. The summed E-state index contributed by atoms with van der Waals surface area (Å²) in [6, 6.07) is 8.33. The summed E-state index contributed by atoms with van der Waals surface area (Å²) in [7, 11) is 0. The Morgan fingerprint density at radius 1 is 1.33 bits per heavy atom. The molecule has 2 nitrogen and oxygen atoms in total. The number of hydrogen-bond donors (Lipinski definition) is 1. The van der Waals surface area contributed by atoms with E-state index in [4.69, 9.17) is 0 Å². The lowest BCUT2D eigenvalue weighted by molar-refractivity contribution is -0.119. The van der Waals surface area contributed by atoms with E-state index < -0.39 is 0 Å². The summed E-state index contributed by atoms with van der Waals surface area (Å²) in [6.45, 7) is 2.17. The Hall–Kier alpha value is -1.13. The minimum absolute atomic E-state index is 0.0149. The fraction of sp³-hybridized carbons (Fsp3) is 0.182. The third kappa shape index (κ3) is 2.67. The van der Waals surface area contributed by atoms with Crippen LogP contribution >= 0.6 is 22.7 Å². The smallest absolute Gasteiger partial charge is 0.217 e. The first kappa shape index (κ1) is 10.4. The van der Waals surface area contributed by atoms with Gasteiger partial charge in [-0.3, -0.25) is 4.79 Å². The second-order valence-corrected chi connectivity index (χ2v) is 5.27. The summed E-state index contributed by atoms with van der Waals surface area (Å²) in [4.78, 5) is 14.5. The molecule has 1 N–H and O–H groups in total. The van der Waals surface area contributed by atoms with Gasteiger partial charge >= 0.3 is 0 Å². The molecule has 2 heterocycles. The number of amides is 1. The first-order valence-electron chi connectivity index (χ1n) is 4.63. The van der Waals surface area contributed by atoms with Gasteiger partial charge in [0, 0.05) is 21.6 Å². The quantitative estimate of drug-likeness (QED) is 0.873. The van der Waals surface area contributed by atoms with Crippen LogP contribution in [-0.4, -0.2) is 5.91 Å². The van der Waals surface area contributed by atoms with Gasteiger partial charge in [-0.05, 0) is 23.6 Å². The minimum atomic E-state index is 0.0149. The zero-order chi connectivity index (χ0) is 10.7. The number of carbonyl (C=O) groups excluding carboxylic acids is 1. The molecular weight excluding hydrogens is 226 g/mol. The molecule has 0 aliphatic rings. The molecule has 0 aliphatic heterocycles. The maximum Gasteiger partial charge on any atom is 0.217 e. The van der Waals surface area contributed by atoms with Crippen molar-refractivity contribution in [1.82, 2.24) is 5.32 Å². The van der Waals surface area contributed by atoms with E-state index in [0.29, 0.717) is 6.54 Å². The predicted molar refractivity (Wildman–Crippen MR) is 65.2 cm³/mol. The molecule has 0 bridgehead atoms. The molecular formula is C11H11NOS2. The predicted octanol–water partition coefficient (Wildman–Crippen LogP) is 3.11. The molecule has 0 unspecified atom stereocenters. The Balaban J connectivity index is 2.08. The van der Waals surface area contributed by atoms with Crippen LogP contribution in [0.2, 0.25) is 0 Å². The van der Waals surface area contributed by atoms with Gasteiger partial charge < -0.3 is 5.32 Å². The van der Waals surface area contributed by atoms with Crippen molar-refractivity contribution in [3.05, 3.63) is 34.5 Å². The third-order valence-electron chi connectivity index (χ3n) is 1.94. The van der Waals surface area contributed by atoms with Crippen molar-refractivity contribution in [2.24, 2.45) is 0 Å². The Bertz CT molecular complexity index is 445. The zero-order valence-electron chi connectivity index (χ0n) is 8.32. The summed E-state index contributed by atoms with van der Waals surface area (Å²) >= 11 is 3.47. The van der Waals surface area contributed by atoms with Crippen LogP contribution in [0.5, 0.6) is 0 Å². The largest absolute Gasteiger partial charge is 0.351 e. The zero-order valence-corrected chi connectivity index (χ0v) is 9.95. The molecule has 1 amide bonds. The Morgan fingerprint density at radius 2 is 2.20 bits per heavy atom. The van der Waals surface area contributed by atoms with Crippen LogP contribution in [0.25, 0.3) is 9.75 Å². The van der Waals surface area contributed by atoms with Gasteiger partial charge in [0.1, 0.15) is 0 Å². The SMILES string of the molecule is CC(=O)NCc1ccc(-c2cccs2)s1. The van der Waals surface area contributed by atoms with E-state index in [2.05, 4.69) is 28.9 Å². The van der Waals surface area contributed by atoms with Gasteiger partial charge in [-0.2, -0.15) is 0 Å². The molecule has 0 atom stereocenters. The molecule has 0 saturated carbocycles. The number of nitrogens with one attached hydrogen (secondary N) is 1. The van der Waals surface area contributed by atoms with Crippen molar-refractivity contribution in [3.63, 3.8) is 0 Å². The normalized spacial score (nSPS) is 10.2. The van der Waals surface area contributed by atoms with Gasteiger partial charge in [0.05, 0.1) is 6.54 Å². The third-order valence-corrected chi connectivity index (χ3v) is 4.09. The number of hydrogen-bond acceptors (Lipinski definition) is 3. The molecule has 0 radical (unpaired) electrons. The lowest BCUT2D eigenvalue weighted by atomic mass is 10.3. The molecule has 15 heavy (non-hydrogen) atoms. The van der Waals surface area contributed by atoms with Gasteiger partial charge in [-0.15, -0.1) is 22.7 Å². The fourth-order valence-electron chi connectivity index (χ4n) is 1.24. The van der Waals surface area contributed by atoms with E-state index in [1.165, 1.54) is 21.6 Å². The van der Waals surface area contributed by atoms with E-state index in [1.807, 2.05) is 6.07 Å². The molecule has 2 aromatic rings. The number of thiophene rings is 2. The van der Waals surface area contributed by atoms with E-state index >= 15 is 0 Å². The van der Waals surface area contributed by atoms with Crippen LogP contribution in [0.3, 0.4) is 0 Å². The molecule has 2 aromatic heterocycles. The van der Waals surface area contributed by atoms with Crippen molar-refractivity contribution in [1.29, 1.82) is 0 Å². The lowest BCUT2D eigenvalue weighted by Gasteiger charge is -1.97. The lowest BCUT2D eigenvalue weighted by Crippen LogP contribution is -2.17. The maximum atomic E-state index is 10.7. The molecule has 0 spiro atoms. The van der Waals surface area contributed by atoms with Crippen molar-refractivity contribution in [2.45, 2.75) is 13.5 Å². The van der Waals surface area contributed by atoms with Crippen molar-refractivity contribution >= 4 is 28.6 Å². The van der Waals surface area contributed by atoms with Crippen LogP contribution in [0.15, 0.2) is 29.6 Å².